The molecule has 1 aromatic carbocycles. The van der Waals surface area contributed by atoms with Crippen LogP contribution in [0.2, 0.25) is 0 Å². The quantitative estimate of drug-likeness (QED) is 0.877. The maximum atomic E-state index is 13.5. The number of aliphatic hydroxyl groups is 1. The summed E-state index contributed by atoms with van der Waals surface area (Å²) >= 11 is 0. The molecule has 0 aliphatic carbocycles. The predicted octanol–water partition coefficient (Wildman–Crippen LogP) is 1.41. The van der Waals surface area contributed by atoms with Crippen molar-refractivity contribution in [1.82, 2.24) is 9.88 Å². The summed E-state index contributed by atoms with van der Waals surface area (Å²) in [5, 5.41) is 9.93. The number of hydrogen-bond donors (Lipinski definition) is 2. The molecule has 1 aromatic heterocycles. The van der Waals surface area contributed by atoms with Crippen LogP contribution in [0.4, 0.5) is 8.78 Å². The minimum absolute atomic E-state index is 0.0233. The lowest BCUT2D eigenvalue weighted by atomic mass is 10.0. The molecule has 2 amide bonds. The summed E-state index contributed by atoms with van der Waals surface area (Å²) in [5.74, 6) is -3.14. The zero-order valence-electron chi connectivity index (χ0n) is 13.0. The minimum atomic E-state index is -1.02. The van der Waals surface area contributed by atoms with E-state index in [0.717, 1.165) is 12.1 Å². The molecule has 1 fully saturated rings. The Kier molecular flexibility index (Phi) is 4.45. The van der Waals surface area contributed by atoms with E-state index in [1.165, 1.54) is 29.3 Å². The molecule has 2 heterocycles. The van der Waals surface area contributed by atoms with Crippen LogP contribution in [0.15, 0.2) is 36.5 Å². The molecule has 1 aliphatic rings. The van der Waals surface area contributed by atoms with Gasteiger partial charge in [0.05, 0.1) is 17.7 Å². The van der Waals surface area contributed by atoms with Gasteiger partial charge in [0.2, 0.25) is 0 Å². The average molecular weight is 347 g/mol. The SMILES string of the molecule is NC(=O)c1ccc(C(=O)N2C[C@@H](O)C[C@@H]2c2ccc(F)c(F)c2)cn1. The fourth-order valence-electron chi connectivity index (χ4n) is 2.91. The number of β-amino-alcohol motifs (C(OH)–C–C–N with tert-alkyl or cyclic N) is 1. The molecule has 0 saturated carbocycles. The summed E-state index contributed by atoms with van der Waals surface area (Å²) in [7, 11) is 0. The molecule has 3 rings (SSSR count). The second-order valence-corrected chi connectivity index (χ2v) is 5.83. The van der Waals surface area contributed by atoms with Crippen LogP contribution in [0.1, 0.15) is 38.9 Å². The molecule has 2 aromatic rings. The Hall–Kier alpha value is -2.87. The van der Waals surface area contributed by atoms with Gasteiger partial charge in [0.1, 0.15) is 5.69 Å². The molecular weight excluding hydrogens is 332 g/mol. The van der Waals surface area contributed by atoms with Crippen LogP contribution in [0.3, 0.4) is 0 Å². The highest BCUT2D eigenvalue weighted by Gasteiger charge is 2.36. The highest BCUT2D eigenvalue weighted by atomic mass is 19.2. The van der Waals surface area contributed by atoms with Crippen molar-refractivity contribution >= 4 is 11.8 Å². The third kappa shape index (κ3) is 3.34. The Bertz CT molecular complexity index is 826. The van der Waals surface area contributed by atoms with Crippen LogP contribution in [0, 0.1) is 11.6 Å². The van der Waals surface area contributed by atoms with Gasteiger partial charge >= 0.3 is 0 Å². The van der Waals surface area contributed by atoms with Crippen molar-refractivity contribution in [3.8, 4) is 0 Å². The van der Waals surface area contributed by atoms with Crippen LogP contribution in [0.25, 0.3) is 0 Å². The van der Waals surface area contributed by atoms with Gasteiger partial charge in [-0.05, 0) is 36.2 Å². The molecule has 0 bridgehead atoms. The Balaban J connectivity index is 1.89. The third-order valence-corrected chi connectivity index (χ3v) is 4.13. The lowest BCUT2D eigenvalue weighted by Gasteiger charge is -2.25. The van der Waals surface area contributed by atoms with E-state index >= 15 is 0 Å². The fourth-order valence-corrected chi connectivity index (χ4v) is 2.91. The minimum Gasteiger partial charge on any atom is -0.391 e. The number of rotatable bonds is 3. The number of benzene rings is 1. The molecule has 25 heavy (non-hydrogen) atoms. The number of likely N-dealkylation sites (tertiary alicyclic amines) is 1. The van der Waals surface area contributed by atoms with Gasteiger partial charge in [0.15, 0.2) is 11.6 Å². The third-order valence-electron chi connectivity index (χ3n) is 4.13. The van der Waals surface area contributed by atoms with Gasteiger partial charge in [-0.15, -0.1) is 0 Å². The number of amides is 2. The maximum Gasteiger partial charge on any atom is 0.267 e. The van der Waals surface area contributed by atoms with Crippen molar-refractivity contribution in [2.45, 2.75) is 18.6 Å². The number of nitrogens with zero attached hydrogens (tertiary/aromatic N) is 2. The largest absolute Gasteiger partial charge is 0.391 e. The summed E-state index contributed by atoms with van der Waals surface area (Å²) in [4.78, 5) is 28.9. The average Bonchev–Trinajstić information content (AvgIpc) is 2.98. The van der Waals surface area contributed by atoms with Crippen molar-refractivity contribution in [2.75, 3.05) is 6.54 Å². The van der Waals surface area contributed by atoms with E-state index in [-0.39, 0.29) is 24.2 Å². The molecule has 0 spiro atoms. The number of aliphatic hydroxyl groups excluding tert-OH is 1. The zero-order valence-corrected chi connectivity index (χ0v) is 13.0. The lowest BCUT2D eigenvalue weighted by molar-refractivity contribution is 0.0714. The number of hydrogen-bond acceptors (Lipinski definition) is 4. The van der Waals surface area contributed by atoms with Gasteiger partial charge in [-0.3, -0.25) is 14.6 Å². The molecule has 8 heteroatoms. The molecule has 0 radical (unpaired) electrons. The highest BCUT2D eigenvalue weighted by molar-refractivity contribution is 5.96. The Morgan fingerprint density at radius 2 is 1.96 bits per heavy atom. The maximum absolute atomic E-state index is 13.5. The summed E-state index contributed by atoms with van der Waals surface area (Å²) < 4.78 is 26.6. The Morgan fingerprint density at radius 1 is 1.20 bits per heavy atom. The topological polar surface area (TPSA) is 96.5 Å². The predicted molar refractivity (Wildman–Crippen MR) is 83.5 cm³/mol. The molecule has 1 saturated heterocycles. The van der Waals surface area contributed by atoms with Crippen molar-refractivity contribution in [3.05, 3.63) is 65.0 Å². The number of halogens is 2. The normalized spacial score (nSPS) is 19.9. The van der Waals surface area contributed by atoms with Gasteiger partial charge in [0.25, 0.3) is 11.8 Å². The second kappa shape index (κ2) is 6.56. The molecule has 130 valence electrons. The summed E-state index contributed by atoms with van der Waals surface area (Å²) in [5.41, 5.74) is 5.73. The van der Waals surface area contributed by atoms with E-state index in [2.05, 4.69) is 4.98 Å². The van der Waals surface area contributed by atoms with Gasteiger partial charge < -0.3 is 15.7 Å². The Morgan fingerprint density at radius 3 is 2.56 bits per heavy atom. The second-order valence-electron chi connectivity index (χ2n) is 5.83. The highest BCUT2D eigenvalue weighted by Crippen LogP contribution is 2.34. The summed E-state index contributed by atoms with van der Waals surface area (Å²) in [6.07, 6.45) is 0.652. The smallest absolute Gasteiger partial charge is 0.267 e. The first kappa shape index (κ1) is 17.0. The van der Waals surface area contributed by atoms with E-state index in [1.807, 2.05) is 0 Å². The number of carbonyl (C=O) groups excluding carboxylic acids is 2. The summed E-state index contributed by atoms with van der Waals surface area (Å²) in [6, 6.07) is 5.54. The molecule has 2 atom stereocenters. The van der Waals surface area contributed by atoms with Gasteiger partial charge in [-0.25, -0.2) is 8.78 Å². The first-order valence-electron chi connectivity index (χ1n) is 7.56. The van der Waals surface area contributed by atoms with E-state index in [9.17, 15) is 23.5 Å². The standard InChI is InChI=1S/C17H15F2N3O3/c18-12-3-1-9(5-13(12)19)15-6-11(23)8-22(15)17(25)10-2-4-14(16(20)24)21-7-10/h1-5,7,11,15,23H,6,8H2,(H2,20,24)/t11-,15+/m0/s1. The lowest BCUT2D eigenvalue weighted by Crippen LogP contribution is -2.32. The number of aromatic nitrogens is 1. The van der Waals surface area contributed by atoms with E-state index in [4.69, 9.17) is 5.73 Å². The van der Waals surface area contributed by atoms with Gasteiger partial charge in [-0.1, -0.05) is 6.07 Å². The molecule has 3 N–H and O–H groups in total. The van der Waals surface area contributed by atoms with Gasteiger partial charge in [-0.2, -0.15) is 0 Å². The van der Waals surface area contributed by atoms with Gasteiger partial charge in [0, 0.05) is 12.7 Å². The first-order valence-corrected chi connectivity index (χ1v) is 7.56. The Labute approximate surface area is 141 Å². The number of pyridine rings is 1. The number of nitrogens with two attached hydrogens (primary N) is 1. The summed E-state index contributed by atoms with van der Waals surface area (Å²) in [6.45, 7) is 0.0556. The number of carbonyl (C=O) groups is 2. The van der Waals surface area contributed by atoms with Crippen LogP contribution in [-0.2, 0) is 0 Å². The van der Waals surface area contributed by atoms with E-state index in [1.54, 1.807) is 0 Å². The van der Waals surface area contributed by atoms with Crippen LogP contribution >= 0.6 is 0 Å². The van der Waals surface area contributed by atoms with Crippen molar-refractivity contribution in [2.24, 2.45) is 5.73 Å². The van der Waals surface area contributed by atoms with Crippen LogP contribution in [0.5, 0.6) is 0 Å². The first-order chi connectivity index (χ1) is 11.9. The fraction of sp³-hybridized carbons (Fsp3) is 0.235. The van der Waals surface area contributed by atoms with E-state index < -0.39 is 35.6 Å². The van der Waals surface area contributed by atoms with Crippen molar-refractivity contribution in [3.63, 3.8) is 0 Å². The zero-order chi connectivity index (χ0) is 18.1. The number of primary amides is 1. The van der Waals surface area contributed by atoms with Crippen molar-refractivity contribution < 1.29 is 23.5 Å². The molecule has 0 unspecified atom stereocenters. The van der Waals surface area contributed by atoms with Crippen molar-refractivity contribution in [1.29, 1.82) is 0 Å². The monoisotopic (exact) mass is 347 g/mol. The van der Waals surface area contributed by atoms with Crippen LogP contribution in [-0.4, -0.2) is 39.5 Å². The molecular formula is C17H15F2N3O3. The van der Waals surface area contributed by atoms with E-state index in [0.29, 0.717) is 5.56 Å². The van der Waals surface area contributed by atoms with Crippen LogP contribution < -0.4 is 5.73 Å². The molecule has 1 aliphatic heterocycles. The molecule has 6 nitrogen and oxygen atoms in total.